The number of nitrogens with two attached hydrogens (primary N) is 1. The molecule has 3 N–H and O–H groups in total. The molecule has 1 amide bonds. The number of phenolic OH excluding ortho intramolecular Hbond substituents is 1. The molecule has 258 valence electrons. The van der Waals surface area contributed by atoms with Gasteiger partial charge in [0.05, 0.1) is 10.9 Å². The zero-order valence-electron chi connectivity index (χ0n) is 27.7. The lowest BCUT2D eigenvalue weighted by atomic mass is 9.78. The monoisotopic (exact) mass is 674 g/mol. The number of carbonyl (C=O) groups excluding carboxylic acids is 1. The van der Waals surface area contributed by atoms with Gasteiger partial charge in [-0.3, -0.25) is 14.7 Å². The molecule has 2 aromatic carbocycles. The van der Waals surface area contributed by atoms with Crippen LogP contribution in [0.15, 0.2) is 30.5 Å². The van der Waals surface area contributed by atoms with E-state index in [2.05, 4.69) is 19.8 Å². The van der Waals surface area contributed by atoms with Gasteiger partial charge in [-0.25, -0.2) is 13.2 Å². The molecule has 0 spiro atoms. The van der Waals surface area contributed by atoms with Gasteiger partial charge in [-0.1, -0.05) is 13.0 Å². The van der Waals surface area contributed by atoms with Crippen molar-refractivity contribution in [3.63, 3.8) is 0 Å². The third-order valence-electron chi connectivity index (χ3n) is 11.6. The number of aromatic hydroxyl groups is 1. The molecule has 2 aromatic heterocycles. The lowest BCUT2D eigenvalue weighted by Crippen LogP contribution is -2.44. The van der Waals surface area contributed by atoms with Crippen LogP contribution in [0.4, 0.5) is 19.0 Å². The van der Waals surface area contributed by atoms with E-state index in [9.17, 15) is 14.3 Å². The van der Waals surface area contributed by atoms with Crippen LogP contribution in [0, 0.1) is 23.0 Å². The number of nitrogens with zero attached hydrogens (tertiary/aromatic N) is 5. The number of rotatable bonds is 9. The summed E-state index contributed by atoms with van der Waals surface area (Å²) < 4.78 is 52.9. The number of anilines is 1. The zero-order valence-corrected chi connectivity index (χ0v) is 27.7. The third-order valence-corrected chi connectivity index (χ3v) is 11.6. The van der Waals surface area contributed by atoms with E-state index >= 15 is 8.78 Å². The smallest absolute Gasteiger partial charge is 0.319 e. The van der Waals surface area contributed by atoms with Gasteiger partial charge in [0.1, 0.15) is 41.4 Å². The van der Waals surface area contributed by atoms with E-state index in [1.807, 2.05) is 6.92 Å². The Bertz CT molecular complexity index is 1980. The number of fused-ring (bicyclic) bond motifs is 5. The number of piperidine rings is 1. The summed E-state index contributed by atoms with van der Waals surface area (Å²) in [6, 6.07) is 5.84. The van der Waals surface area contributed by atoms with E-state index in [0.717, 1.165) is 38.6 Å². The molecule has 3 saturated heterocycles. The maximum absolute atomic E-state index is 17.0. The van der Waals surface area contributed by atoms with Crippen LogP contribution in [0.1, 0.15) is 63.9 Å². The molecule has 3 aliphatic heterocycles. The number of hydrogen-bond acceptors (Lipinski definition) is 8. The summed E-state index contributed by atoms with van der Waals surface area (Å²) in [5.74, 6) is -0.720. The van der Waals surface area contributed by atoms with Crippen LogP contribution in [0.2, 0.25) is 0 Å². The summed E-state index contributed by atoms with van der Waals surface area (Å²) in [5.41, 5.74) is 5.56. The highest BCUT2D eigenvalue weighted by Crippen LogP contribution is 2.51. The number of carbonyl (C=O) groups is 1. The fourth-order valence-electron chi connectivity index (χ4n) is 9.46. The van der Waals surface area contributed by atoms with Gasteiger partial charge in [0.15, 0.2) is 5.82 Å². The van der Waals surface area contributed by atoms with E-state index in [-0.39, 0.29) is 46.5 Å². The van der Waals surface area contributed by atoms with E-state index in [1.165, 1.54) is 18.2 Å². The van der Waals surface area contributed by atoms with Crippen molar-refractivity contribution in [2.45, 2.75) is 76.4 Å². The van der Waals surface area contributed by atoms with Crippen LogP contribution in [0.5, 0.6) is 11.8 Å². The number of ether oxygens (including phenoxy) is 1. The van der Waals surface area contributed by atoms with Crippen LogP contribution in [0.25, 0.3) is 32.9 Å². The molecule has 4 fully saturated rings. The van der Waals surface area contributed by atoms with Gasteiger partial charge in [-0.15, -0.1) is 0 Å². The highest BCUT2D eigenvalue weighted by atomic mass is 19.1. The third kappa shape index (κ3) is 5.52. The van der Waals surface area contributed by atoms with Crippen molar-refractivity contribution in [2.24, 2.45) is 17.1 Å². The fraction of sp³-hybridized carbons (Fsp3) is 0.514. The average Bonchev–Trinajstić information content (AvgIpc) is 3.71. The minimum absolute atomic E-state index is 0.00406. The van der Waals surface area contributed by atoms with Gasteiger partial charge in [0.2, 0.25) is 5.91 Å². The van der Waals surface area contributed by atoms with Crippen molar-refractivity contribution < 1.29 is 27.8 Å². The molecule has 9 nitrogen and oxygen atoms in total. The molecule has 2 unspecified atom stereocenters. The van der Waals surface area contributed by atoms with Gasteiger partial charge < -0.3 is 20.5 Å². The predicted molar refractivity (Wildman–Crippen MR) is 180 cm³/mol. The normalized spacial score (nSPS) is 26.6. The van der Waals surface area contributed by atoms with Gasteiger partial charge in [-0.05, 0) is 97.4 Å². The van der Waals surface area contributed by atoms with Crippen LogP contribution in [0.3, 0.4) is 0 Å². The number of pyridine rings is 1. The van der Waals surface area contributed by atoms with Crippen molar-refractivity contribution in [1.29, 1.82) is 0 Å². The van der Waals surface area contributed by atoms with Gasteiger partial charge in [0, 0.05) is 44.2 Å². The quantitative estimate of drug-likeness (QED) is 0.215. The number of alkyl halides is 1. The molecule has 2 bridgehead atoms. The summed E-state index contributed by atoms with van der Waals surface area (Å²) in [6.07, 6.45) is 7.02. The number of phenols is 1. The zero-order chi connectivity index (χ0) is 34.1. The molecule has 49 heavy (non-hydrogen) atoms. The number of aryl methyl sites for hydroxylation is 1. The van der Waals surface area contributed by atoms with E-state index in [4.69, 9.17) is 15.5 Å². The molecule has 1 saturated carbocycles. The highest BCUT2D eigenvalue weighted by molar-refractivity contribution is 6.01. The number of halogens is 3. The molecule has 4 atom stereocenters. The van der Waals surface area contributed by atoms with Crippen LogP contribution < -0.4 is 15.4 Å². The molecule has 1 aliphatic carbocycles. The van der Waals surface area contributed by atoms with Gasteiger partial charge >= 0.3 is 6.01 Å². The van der Waals surface area contributed by atoms with Crippen molar-refractivity contribution in [1.82, 2.24) is 19.9 Å². The largest absolute Gasteiger partial charge is 0.508 e. The van der Waals surface area contributed by atoms with E-state index in [1.54, 1.807) is 12.3 Å². The number of hydrogen-bond donors (Lipinski definition) is 2. The summed E-state index contributed by atoms with van der Waals surface area (Å²) in [7, 11) is 0. The first-order valence-corrected chi connectivity index (χ1v) is 17.4. The topological polar surface area (TPSA) is 118 Å². The van der Waals surface area contributed by atoms with Gasteiger partial charge in [0.25, 0.3) is 0 Å². The van der Waals surface area contributed by atoms with Crippen molar-refractivity contribution >= 4 is 33.4 Å². The first-order chi connectivity index (χ1) is 23.6. The highest BCUT2D eigenvalue weighted by Gasteiger charge is 2.50. The average molecular weight is 675 g/mol. The minimum atomic E-state index is -0.932. The minimum Gasteiger partial charge on any atom is -0.508 e. The second-order valence-corrected chi connectivity index (χ2v) is 14.8. The Morgan fingerprint density at radius 2 is 2.02 bits per heavy atom. The lowest BCUT2D eigenvalue weighted by Gasteiger charge is -2.41. The molecule has 8 rings (SSSR count). The molecule has 4 aliphatic rings. The summed E-state index contributed by atoms with van der Waals surface area (Å²) in [5, 5.41) is 12.1. The Morgan fingerprint density at radius 1 is 1.16 bits per heavy atom. The SMILES string of the molecule is CCc1c(F)ccc2cc(O)cc(-c3ncc4c(N5CC6CCC(CCC(N)=O)(C6)C5)nc(OC[C@@]56CCCN5C[C@H](F)C6)nc4c3F)c12. The fourth-order valence-corrected chi connectivity index (χ4v) is 9.46. The Labute approximate surface area is 282 Å². The van der Waals surface area contributed by atoms with Crippen LogP contribution >= 0.6 is 0 Å². The van der Waals surface area contributed by atoms with Crippen molar-refractivity contribution in [3.05, 3.63) is 47.7 Å². The maximum Gasteiger partial charge on any atom is 0.319 e. The number of primary amides is 1. The van der Waals surface area contributed by atoms with Crippen molar-refractivity contribution in [2.75, 3.05) is 37.7 Å². The summed E-state index contributed by atoms with van der Waals surface area (Å²) in [4.78, 5) is 30.1. The molecular weight excluding hydrogens is 633 g/mol. The number of amides is 1. The first kappa shape index (κ1) is 32.0. The van der Waals surface area contributed by atoms with Crippen LogP contribution in [-0.2, 0) is 11.2 Å². The Hall–Kier alpha value is -4.19. The Balaban J connectivity index is 1.26. The van der Waals surface area contributed by atoms with Crippen LogP contribution in [-0.4, -0.2) is 75.4 Å². The van der Waals surface area contributed by atoms with E-state index < -0.39 is 23.3 Å². The molecule has 4 aromatic rings. The molecule has 0 radical (unpaired) electrons. The molecule has 5 heterocycles. The standard InChI is InChI=1S/C37H41F3N6O3/c1-2-25-28(39)5-4-22-12-24(47)13-26(30(22)25)32-31(40)33-27(16-42-32)34(45-17-21-6-9-36(14-21,19-45)10-7-29(41)48)44-35(43-33)49-20-37-8-3-11-46(37)18-23(38)15-37/h4-5,12-13,16,21,23,47H,2-3,6-11,14-15,17-20H2,1H3,(H2,41,48)/t21?,23-,36?,37+/m1/s1. The second kappa shape index (κ2) is 12.0. The number of aromatic nitrogens is 3. The van der Waals surface area contributed by atoms with E-state index in [0.29, 0.717) is 78.8 Å². The molecule has 12 heteroatoms. The maximum atomic E-state index is 17.0. The lowest BCUT2D eigenvalue weighted by molar-refractivity contribution is -0.118. The molecular formula is C37H41F3N6O3. The number of benzene rings is 2. The summed E-state index contributed by atoms with van der Waals surface area (Å²) >= 11 is 0. The van der Waals surface area contributed by atoms with Crippen molar-refractivity contribution in [3.8, 4) is 23.0 Å². The summed E-state index contributed by atoms with van der Waals surface area (Å²) in [6.45, 7) is 4.49. The first-order valence-electron chi connectivity index (χ1n) is 17.4. The van der Waals surface area contributed by atoms with Gasteiger partial charge in [-0.2, -0.15) is 9.97 Å². The Morgan fingerprint density at radius 3 is 2.84 bits per heavy atom. The second-order valence-electron chi connectivity index (χ2n) is 14.8. The Kier molecular flexibility index (Phi) is 7.84. The predicted octanol–water partition coefficient (Wildman–Crippen LogP) is 6.22.